The van der Waals surface area contributed by atoms with Crippen LogP contribution in [0.15, 0.2) is 64.2 Å². The first kappa shape index (κ1) is 22.8. The molecule has 0 aliphatic carbocycles. The van der Waals surface area contributed by atoms with Crippen molar-refractivity contribution in [2.75, 3.05) is 20.8 Å². The first-order valence-electron chi connectivity index (χ1n) is 10.4. The van der Waals surface area contributed by atoms with E-state index >= 15 is 0 Å². The van der Waals surface area contributed by atoms with Gasteiger partial charge in [-0.2, -0.15) is 0 Å². The number of nitrogens with one attached hydrogen (secondary N) is 1. The van der Waals surface area contributed by atoms with Crippen LogP contribution in [-0.4, -0.2) is 35.2 Å². The molecule has 2 aromatic heterocycles. The molecule has 0 saturated heterocycles. The molecule has 172 valence electrons. The Labute approximate surface area is 194 Å². The summed E-state index contributed by atoms with van der Waals surface area (Å²) < 4.78 is 19.2. The molecule has 0 amide bonds. The van der Waals surface area contributed by atoms with Gasteiger partial charge in [0.15, 0.2) is 0 Å². The average molecular weight is 470 g/mol. The molecule has 0 spiro atoms. The minimum atomic E-state index is -0.316. The molecule has 0 bridgehead atoms. The van der Waals surface area contributed by atoms with Gasteiger partial charge in [-0.25, -0.2) is 4.68 Å². The zero-order valence-electron chi connectivity index (χ0n) is 18.3. The second kappa shape index (κ2) is 10.1. The number of ether oxygens (including phenoxy) is 3. The SMILES string of the molecule is COCCn1c(COCc2cccc(OC)c2)c2c(=O)n(-c3ccccc3Cl)[nH]c2cc1=O. The summed E-state index contributed by atoms with van der Waals surface area (Å²) in [4.78, 5) is 26.3. The number of H-pyrrole nitrogens is 1. The van der Waals surface area contributed by atoms with Crippen molar-refractivity contribution in [1.29, 1.82) is 0 Å². The summed E-state index contributed by atoms with van der Waals surface area (Å²) in [5, 5.41) is 3.80. The van der Waals surface area contributed by atoms with Crippen LogP contribution in [0.5, 0.6) is 5.75 Å². The number of aromatic nitrogens is 3. The van der Waals surface area contributed by atoms with Gasteiger partial charge in [0, 0.05) is 19.7 Å². The second-order valence-corrected chi connectivity index (χ2v) is 7.82. The van der Waals surface area contributed by atoms with E-state index in [0.29, 0.717) is 40.5 Å². The van der Waals surface area contributed by atoms with Gasteiger partial charge < -0.3 is 18.8 Å². The van der Waals surface area contributed by atoms with Crippen LogP contribution in [0.1, 0.15) is 11.3 Å². The second-order valence-electron chi connectivity index (χ2n) is 7.41. The Hall–Kier alpha value is -3.33. The molecule has 0 atom stereocenters. The van der Waals surface area contributed by atoms with E-state index in [1.165, 1.54) is 15.3 Å². The Bertz CT molecular complexity index is 1390. The molecule has 8 nitrogen and oxygen atoms in total. The van der Waals surface area contributed by atoms with Gasteiger partial charge in [0.1, 0.15) is 5.75 Å². The molecule has 0 saturated carbocycles. The molecule has 4 aromatic rings. The number of hydrogen-bond acceptors (Lipinski definition) is 5. The Morgan fingerprint density at radius 3 is 2.58 bits per heavy atom. The molecule has 4 rings (SSSR count). The first-order valence-corrected chi connectivity index (χ1v) is 10.7. The van der Waals surface area contributed by atoms with Crippen molar-refractivity contribution >= 4 is 22.5 Å². The van der Waals surface area contributed by atoms with E-state index in [-0.39, 0.29) is 24.3 Å². The van der Waals surface area contributed by atoms with E-state index in [1.54, 1.807) is 38.5 Å². The summed E-state index contributed by atoms with van der Waals surface area (Å²) >= 11 is 6.31. The normalized spacial score (nSPS) is 11.2. The summed E-state index contributed by atoms with van der Waals surface area (Å²) in [5.41, 5.74) is 1.73. The number of nitrogens with zero attached hydrogens (tertiary/aromatic N) is 2. The van der Waals surface area contributed by atoms with Gasteiger partial charge in [-0.3, -0.25) is 14.7 Å². The van der Waals surface area contributed by atoms with E-state index in [1.807, 2.05) is 24.3 Å². The van der Waals surface area contributed by atoms with Crippen molar-refractivity contribution in [1.82, 2.24) is 14.3 Å². The zero-order chi connectivity index (χ0) is 23.4. The lowest BCUT2D eigenvalue weighted by Crippen LogP contribution is -2.27. The fourth-order valence-electron chi connectivity index (χ4n) is 3.72. The van der Waals surface area contributed by atoms with E-state index < -0.39 is 0 Å². The molecule has 9 heteroatoms. The van der Waals surface area contributed by atoms with Gasteiger partial charge >= 0.3 is 0 Å². The number of aromatic amines is 1. The highest BCUT2D eigenvalue weighted by Crippen LogP contribution is 2.21. The third-order valence-electron chi connectivity index (χ3n) is 5.32. The molecule has 0 radical (unpaired) electrons. The lowest BCUT2D eigenvalue weighted by molar-refractivity contribution is 0.100. The highest BCUT2D eigenvalue weighted by atomic mass is 35.5. The van der Waals surface area contributed by atoms with Crippen LogP contribution < -0.4 is 15.9 Å². The van der Waals surface area contributed by atoms with E-state index in [2.05, 4.69) is 5.10 Å². The number of methoxy groups -OCH3 is 2. The highest BCUT2D eigenvalue weighted by molar-refractivity contribution is 6.32. The van der Waals surface area contributed by atoms with Crippen molar-refractivity contribution in [2.45, 2.75) is 19.8 Å². The van der Waals surface area contributed by atoms with Crippen LogP contribution >= 0.6 is 11.6 Å². The van der Waals surface area contributed by atoms with Crippen LogP contribution in [0, 0.1) is 0 Å². The highest BCUT2D eigenvalue weighted by Gasteiger charge is 2.19. The number of halogens is 1. The van der Waals surface area contributed by atoms with Crippen molar-refractivity contribution < 1.29 is 14.2 Å². The molecule has 0 fully saturated rings. The van der Waals surface area contributed by atoms with Gasteiger partial charge in [0.25, 0.3) is 11.1 Å². The lowest BCUT2D eigenvalue weighted by atomic mass is 10.2. The topological polar surface area (TPSA) is 87.5 Å². The van der Waals surface area contributed by atoms with Gasteiger partial charge in [0.2, 0.25) is 0 Å². The number of para-hydroxylation sites is 1. The number of benzene rings is 2. The quantitative estimate of drug-likeness (QED) is 0.405. The molecule has 0 aliphatic rings. The Morgan fingerprint density at radius 1 is 1.00 bits per heavy atom. The van der Waals surface area contributed by atoms with Crippen LogP contribution in [0.2, 0.25) is 5.02 Å². The molecule has 0 unspecified atom stereocenters. The van der Waals surface area contributed by atoms with Crippen LogP contribution in [0.4, 0.5) is 0 Å². The van der Waals surface area contributed by atoms with Gasteiger partial charge in [-0.15, -0.1) is 0 Å². The Morgan fingerprint density at radius 2 is 1.82 bits per heavy atom. The molecule has 33 heavy (non-hydrogen) atoms. The molecule has 2 aromatic carbocycles. The van der Waals surface area contributed by atoms with Crippen molar-refractivity contribution in [3.05, 3.63) is 91.6 Å². The molecule has 2 heterocycles. The summed E-state index contributed by atoms with van der Waals surface area (Å²) in [6.07, 6.45) is 0. The summed E-state index contributed by atoms with van der Waals surface area (Å²) in [7, 11) is 3.16. The van der Waals surface area contributed by atoms with E-state index in [0.717, 1.165) is 11.3 Å². The van der Waals surface area contributed by atoms with Crippen molar-refractivity contribution in [3.63, 3.8) is 0 Å². The molecular weight excluding hydrogens is 446 g/mol. The van der Waals surface area contributed by atoms with Gasteiger partial charge in [0.05, 0.1) is 54.2 Å². The number of pyridine rings is 1. The molecule has 1 N–H and O–H groups in total. The summed E-state index contributed by atoms with van der Waals surface area (Å²) in [5.74, 6) is 0.725. The molecular formula is C24H24ClN3O5. The Kier molecular flexibility index (Phi) is 6.98. The predicted molar refractivity (Wildman–Crippen MR) is 127 cm³/mol. The smallest absolute Gasteiger partial charge is 0.281 e. The fraction of sp³-hybridized carbons (Fsp3) is 0.250. The fourth-order valence-corrected chi connectivity index (χ4v) is 3.94. The van der Waals surface area contributed by atoms with Gasteiger partial charge in [-0.1, -0.05) is 35.9 Å². The number of rotatable bonds is 9. The van der Waals surface area contributed by atoms with Crippen LogP contribution in [0.3, 0.4) is 0 Å². The monoisotopic (exact) mass is 469 g/mol. The predicted octanol–water partition coefficient (Wildman–Crippen LogP) is 3.51. The standard InChI is InChI=1S/C24H24ClN3O5/c1-31-11-10-27-21(15-33-14-16-6-5-7-17(12-16)32-2)23-19(13-22(27)29)26-28(24(23)30)20-9-4-3-8-18(20)25/h3-9,12-13,26H,10-11,14-15H2,1-2H3. The van der Waals surface area contributed by atoms with Crippen LogP contribution in [-0.2, 0) is 29.2 Å². The minimum absolute atomic E-state index is 0.0587. The van der Waals surface area contributed by atoms with Gasteiger partial charge in [-0.05, 0) is 29.8 Å². The Balaban J connectivity index is 1.76. The van der Waals surface area contributed by atoms with Crippen molar-refractivity contribution in [2.24, 2.45) is 0 Å². The average Bonchev–Trinajstić information content (AvgIpc) is 3.14. The van der Waals surface area contributed by atoms with E-state index in [9.17, 15) is 9.59 Å². The largest absolute Gasteiger partial charge is 0.497 e. The maximum absolute atomic E-state index is 13.4. The lowest BCUT2D eigenvalue weighted by Gasteiger charge is -2.14. The minimum Gasteiger partial charge on any atom is -0.497 e. The molecule has 0 aliphatic heterocycles. The first-order chi connectivity index (χ1) is 16.0. The zero-order valence-corrected chi connectivity index (χ0v) is 19.1. The summed E-state index contributed by atoms with van der Waals surface area (Å²) in [6.45, 7) is 0.954. The maximum Gasteiger partial charge on any atom is 0.281 e. The van der Waals surface area contributed by atoms with Crippen molar-refractivity contribution in [3.8, 4) is 11.4 Å². The third-order valence-corrected chi connectivity index (χ3v) is 5.64. The van der Waals surface area contributed by atoms with Crippen LogP contribution in [0.25, 0.3) is 16.6 Å². The number of hydrogen-bond donors (Lipinski definition) is 1. The number of fused-ring (bicyclic) bond motifs is 1. The third kappa shape index (κ3) is 4.73. The maximum atomic E-state index is 13.4. The summed E-state index contributed by atoms with van der Waals surface area (Å²) in [6, 6.07) is 15.9. The van der Waals surface area contributed by atoms with E-state index in [4.69, 9.17) is 25.8 Å².